The molecule has 3 aromatic rings. The summed E-state index contributed by atoms with van der Waals surface area (Å²) in [7, 11) is 1.72. The Morgan fingerprint density at radius 3 is 2.71 bits per heavy atom. The predicted molar refractivity (Wildman–Crippen MR) is 103 cm³/mol. The number of rotatable bonds is 4. The zero-order chi connectivity index (χ0) is 19.5. The number of para-hydroxylation sites is 1. The number of amides is 2. The zero-order valence-electron chi connectivity index (χ0n) is 15.5. The van der Waals surface area contributed by atoms with Gasteiger partial charge in [0.2, 0.25) is 11.8 Å². The SMILES string of the molecule is CN1C(=O)C(NC(=O)c2nnc(Cc3ccccc3)o2)CCc2ccccc21. The van der Waals surface area contributed by atoms with E-state index in [0.717, 1.165) is 16.8 Å². The lowest BCUT2D eigenvalue weighted by Crippen LogP contribution is -2.46. The number of nitrogens with zero attached hydrogens (tertiary/aromatic N) is 3. The van der Waals surface area contributed by atoms with Crippen LogP contribution in [0.25, 0.3) is 0 Å². The minimum atomic E-state index is -0.644. The number of hydrogen-bond acceptors (Lipinski definition) is 5. The monoisotopic (exact) mass is 376 g/mol. The number of nitrogens with one attached hydrogen (secondary N) is 1. The summed E-state index contributed by atoms with van der Waals surface area (Å²) < 4.78 is 5.49. The van der Waals surface area contributed by atoms with E-state index in [9.17, 15) is 9.59 Å². The van der Waals surface area contributed by atoms with E-state index in [1.165, 1.54) is 0 Å². The van der Waals surface area contributed by atoms with E-state index in [-0.39, 0.29) is 11.8 Å². The highest BCUT2D eigenvalue weighted by molar-refractivity contribution is 6.01. The highest BCUT2D eigenvalue weighted by Gasteiger charge is 2.30. The number of fused-ring (bicyclic) bond motifs is 1. The van der Waals surface area contributed by atoms with Crippen molar-refractivity contribution in [3.63, 3.8) is 0 Å². The second-order valence-corrected chi connectivity index (χ2v) is 6.75. The lowest BCUT2D eigenvalue weighted by molar-refractivity contribution is -0.120. The average molecular weight is 376 g/mol. The van der Waals surface area contributed by atoms with Gasteiger partial charge in [0.1, 0.15) is 6.04 Å². The van der Waals surface area contributed by atoms with Crippen LogP contribution in [-0.2, 0) is 17.6 Å². The molecule has 1 aliphatic rings. The minimum absolute atomic E-state index is 0.136. The predicted octanol–water partition coefficient (Wildman–Crippen LogP) is 2.37. The third kappa shape index (κ3) is 3.64. The van der Waals surface area contributed by atoms with Gasteiger partial charge in [-0.2, -0.15) is 0 Å². The summed E-state index contributed by atoms with van der Waals surface area (Å²) in [6.07, 6.45) is 1.65. The van der Waals surface area contributed by atoms with Crippen LogP contribution in [0.3, 0.4) is 0 Å². The van der Waals surface area contributed by atoms with Gasteiger partial charge in [-0.3, -0.25) is 9.59 Å². The fraction of sp³-hybridized carbons (Fsp3) is 0.238. The number of likely N-dealkylation sites (N-methyl/N-ethyl adjacent to an activating group) is 1. The molecule has 1 unspecified atom stereocenters. The van der Waals surface area contributed by atoms with Crippen LogP contribution in [0.1, 0.15) is 34.1 Å². The zero-order valence-corrected chi connectivity index (χ0v) is 15.5. The molecule has 1 aromatic heterocycles. The molecule has 2 aromatic carbocycles. The third-order valence-electron chi connectivity index (χ3n) is 4.85. The molecular weight excluding hydrogens is 356 g/mol. The highest BCUT2D eigenvalue weighted by Crippen LogP contribution is 2.25. The molecule has 28 heavy (non-hydrogen) atoms. The third-order valence-corrected chi connectivity index (χ3v) is 4.85. The lowest BCUT2D eigenvalue weighted by Gasteiger charge is -2.21. The van der Waals surface area contributed by atoms with E-state index in [1.54, 1.807) is 11.9 Å². The van der Waals surface area contributed by atoms with Gasteiger partial charge < -0.3 is 14.6 Å². The molecule has 1 N–H and O–H groups in total. The molecule has 0 aliphatic carbocycles. The number of carbonyl (C=O) groups is 2. The van der Waals surface area contributed by atoms with Crippen molar-refractivity contribution in [2.75, 3.05) is 11.9 Å². The van der Waals surface area contributed by atoms with Crippen molar-refractivity contribution in [2.45, 2.75) is 25.3 Å². The topological polar surface area (TPSA) is 88.3 Å². The first-order chi connectivity index (χ1) is 13.6. The summed E-state index contributed by atoms with van der Waals surface area (Å²) in [5.74, 6) is -0.483. The molecule has 1 aliphatic heterocycles. The van der Waals surface area contributed by atoms with Gasteiger partial charge in [-0.25, -0.2) is 0 Å². The first-order valence-corrected chi connectivity index (χ1v) is 9.14. The van der Waals surface area contributed by atoms with E-state index < -0.39 is 11.9 Å². The van der Waals surface area contributed by atoms with Crippen LogP contribution in [0.5, 0.6) is 0 Å². The number of aromatic nitrogens is 2. The molecule has 2 amide bonds. The number of carbonyl (C=O) groups excluding carboxylic acids is 2. The Kier molecular flexibility index (Phi) is 4.89. The Labute approximate surface area is 162 Å². The number of anilines is 1. The maximum atomic E-state index is 12.8. The smallest absolute Gasteiger partial charge is 0.309 e. The Hall–Kier alpha value is -3.48. The van der Waals surface area contributed by atoms with Crippen LogP contribution in [-0.4, -0.2) is 35.1 Å². The van der Waals surface area contributed by atoms with E-state index in [0.29, 0.717) is 25.2 Å². The van der Waals surface area contributed by atoms with E-state index in [2.05, 4.69) is 15.5 Å². The first-order valence-electron chi connectivity index (χ1n) is 9.14. The van der Waals surface area contributed by atoms with Crippen LogP contribution in [0.15, 0.2) is 59.0 Å². The van der Waals surface area contributed by atoms with Crippen molar-refractivity contribution >= 4 is 17.5 Å². The molecule has 142 valence electrons. The van der Waals surface area contributed by atoms with Crippen molar-refractivity contribution in [3.05, 3.63) is 77.5 Å². The molecule has 0 spiro atoms. The van der Waals surface area contributed by atoms with Gasteiger partial charge in [0.25, 0.3) is 0 Å². The molecule has 7 heteroatoms. The van der Waals surface area contributed by atoms with Crippen molar-refractivity contribution in [1.29, 1.82) is 0 Å². The molecule has 7 nitrogen and oxygen atoms in total. The summed E-state index contributed by atoms with van der Waals surface area (Å²) in [4.78, 5) is 26.9. The van der Waals surface area contributed by atoms with Gasteiger partial charge in [-0.05, 0) is 30.0 Å². The summed E-state index contributed by atoms with van der Waals surface area (Å²) in [5, 5.41) is 10.5. The average Bonchev–Trinajstić information content (AvgIpc) is 3.15. The summed E-state index contributed by atoms with van der Waals surface area (Å²) in [6.45, 7) is 0. The molecule has 0 saturated carbocycles. The molecule has 0 fully saturated rings. The maximum Gasteiger partial charge on any atom is 0.309 e. The Balaban J connectivity index is 1.45. The van der Waals surface area contributed by atoms with Crippen molar-refractivity contribution in [2.24, 2.45) is 0 Å². The van der Waals surface area contributed by atoms with E-state index >= 15 is 0 Å². The standard InChI is InChI=1S/C21H20N4O3/c1-25-17-10-6-5-9-15(17)11-12-16(21(25)27)22-19(26)20-24-23-18(28-20)13-14-7-3-2-4-8-14/h2-10,16H,11-13H2,1H3,(H,22,26). The van der Waals surface area contributed by atoms with Crippen LogP contribution in [0.4, 0.5) is 5.69 Å². The molecule has 0 radical (unpaired) electrons. The van der Waals surface area contributed by atoms with Gasteiger partial charge in [-0.15, -0.1) is 10.2 Å². The van der Waals surface area contributed by atoms with Gasteiger partial charge >= 0.3 is 11.8 Å². The van der Waals surface area contributed by atoms with Gasteiger partial charge in [0.15, 0.2) is 0 Å². The molecule has 2 heterocycles. The molecule has 4 rings (SSSR count). The lowest BCUT2D eigenvalue weighted by atomic mass is 10.1. The first kappa shape index (κ1) is 17.9. The summed E-state index contributed by atoms with van der Waals surface area (Å²) in [6, 6.07) is 16.8. The molecule has 0 saturated heterocycles. The largest absolute Gasteiger partial charge is 0.417 e. The minimum Gasteiger partial charge on any atom is -0.417 e. The second-order valence-electron chi connectivity index (χ2n) is 6.75. The van der Waals surface area contributed by atoms with Crippen LogP contribution in [0, 0.1) is 0 Å². The Morgan fingerprint density at radius 1 is 1.14 bits per heavy atom. The second kappa shape index (κ2) is 7.64. The van der Waals surface area contributed by atoms with Crippen LogP contribution < -0.4 is 10.2 Å². The molecule has 0 bridgehead atoms. The van der Waals surface area contributed by atoms with Gasteiger partial charge in [0.05, 0.1) is 6.42 Å². The number of benzene rings is 2. The fourth-order valence-electron chi connectivity index (χ4n) is 3.37. The number of aryl methyl sites for hydroxylation is 1. The van der Waals surface area contributed by atoms with E-state index in [4.69, 9.17) is 4.42 Å². The Morgan fingerprint density at radius 2 is 1.89 bits per heavy atom. The summed E-state index contributed by atoms with van der Waals surface area (Å²) in [5.41, 5.74) is 2.96. The summed E-state index contributed by atoms with van der Waals surface area (Å²) >= 11 is 0. The van der Waals surface area contributed by atoms with Gasteiger partial charge in [0, 0.05) is 12.7 Å². The maximum absolute atomic E-state index is 12.8. The van der Waals surface area contributed by atoms with Crippen molar-refractivity contribution < 1.29 is 14.0 Å². The highest BCUT2D eigenvalue weighted by atomic mass is 16.4. The molecule has 1 atom stereocenters. The fourth-order valence-corrected chi connectivity index (χ4v) is 3.37. The van der Waals surface area contributed by atoms with Crippen LogP contribution >= 0.6 is 0 Å². The van der Waals surface area contributed by atoms with Crippen molar-refractivity contribution in [3.8, 4) is 0 Å². The van der Waals surface area contributed by atoms with E-state index in [1.807, 2.05) is 54.6 Å². The molecular formula is C21H20N4O3. The quantitative estimate of drug-likeness (QED) is 0.755. The van der Waals surface area contributed by atoms with Crippen LogP contribution in [0.2, 0.25) is 0 Å². The number of hydrogen-bond donors (Lipinski definition) is 1. The Bertz CT molecular complexity index is 1000. The van der Waals surface area contributed by atoms with Gasteiger partial charge in [-0.1, -0.05) is 48.5 Å². The van der Waals surface area contributed by atoms with Crippen molar-refractivity contribution in [1.82, 2.24) is 15.5 Å². The normalized spacial score (nSPS) is 16.4.